The molecule has 0 unspecified atom stereocenters. The summed E-state index contributed by atoms with van der Waals surface area (Å²) >= 11 is 7.38. The minimum absolute atomic E-state index is 0.168. The highest BCUT2D eigenvalue weighted by atomic mass is 35.5. The summed E-state index contributed by atoms with van der Waals surface area (Å²) in [6.07, 6.45) is 0. The normalized spacial score (nSPS) is 10.5. The molecule has 6 nitrogen and oxygen atoms in total. The van der Waals surface area contributed by atoms with Crippen LogP contribution in [0.4, 0.5) is 5.69 Å². The molecule has 0 spiro atoms. The number of methoxy groups -OCH3 is 1. The Balaban J connectivity index is 1.61. The van der Waals surface area contributed by atoms with Crippen molar-refractivity contribution in [3.63, 3.8) is 0 Å². The molecule has 2 aromatic carbocycles. The van der Waals surface area contributed by atoms with Crippen LogP contribution in [0.2, 0.25) is 5.02 Å². The Kier molecular flexibility index (Phi) is 5.57. The van der Waals surface area contributed by atoms with Crippen molar-refractivity contribution in [2.24, 2.45) is 0 Å². The highest BCUT2D eigenvalue weighted by Gasteiger charge is 2.12. The predicted octanol–water partition coefficient (Wildman–Crippen LogP) is 3.86. The van der Waals surface area contributed by atoms with Gasteiger partial charge in [-0.1, -0.05) is 47.6 Å². The van der Waals surface area contributed by atoms with Crippen LogP contribution in [-0.4, -0.2) is 34.0 Å². The molecule has 0 aliphatic heterocycles. The van der Waals surface area contributed by atoms with Crippen molar-refractivity contribution in [2.75, 3.05) is 18.2 Å². The fourth-order valence-electron chi connectivity index (χ4n) is 2.15. The molecule has 0 fully saturated rings. The maximum atomic E-state index is 12.1. The molecule has 0 atom stereocenters. The van der Waals surface area contributed by atoms with Gasteiger partial charge in [0.05, 0.1) is 23.6 Å². The van der Waals surface area contributed by atoms with E-state index < -0.39 is 0 Å². The van der Waals surface area contributed by atoms with E-state index in [9.17, 15) is 4.79 Å². The van der Waals surface area contributed by atoms with E-state index in [0.29, 0.717) is 27.4 Å². The third kappa shape index (κ3) is 4.32. The summed E-state index contributed by atoms with van der Waals surface area (Å²) in [5.74, 6) is 1.19. The van der Waals surface area contributed by atoms with Gasteiger partial charge in [-0.3, -0.25) is 9.89 Å². The number of aromatic amines is 1. The Bertz CT molecular complexity index is 884. The molecule has 3 rings (SSSR count). The SMILES string of the molecule is COc1ccccc1NC(=O)CSc1n[nH]c(-c2ccccc2Cl)n1. The van der Waals surface area contributed by atoms with Crippen molar-refractivity contribution in [3.8, 4) is 17.1 Å². The fraction of sp³-hybridized carbons (Fsp3) is 0.118. The van der Waals surface area contributed by atoms with Gasteiger partial charge in [0.25, 0.3) is 0 Å². The Morgan fingerprint density at radius 1 is 1.24 bits per heavy atom. The van der Waals surface area contributed by atoms with E-state index in [-0.39, 0.29) is 11.7 Å². The van der Waals surface area contributed by atoms with Crippen molar-refractivity contribution in [3.05, 3.63) is 53.6 Å². The zero-order chi connectivity index (χ0) is 17.6. The van der Waals surface area contributed by atoms with Crippen LogP contribution in [0.5, 0.6) is 5.75 Å². The minimum atomic E-state index is -0.168. The van der Waals surface area contributed by atoms with Crippen LogP contribution < -0.4 is 10.1 Å². The molecule has 0 aliphatic carbocycles. The molecular formula is C17H15ClN4O2S. The molecule has 0 radical (unpaired) electrons. The first-order valence-electron chi connectivity index (χ1n) is 7.40. The predicted molar refractivity (Wildman–Crippen MR) is 99.2 cm³/mol. The summed E-state index contributed by atoms with van der Waals surface area (Å²) in [6.45, 7) is 0. The van der Waals surface area contributed by atoms with E-state index in [1.165, 1.54) is 11.8 Å². The largest absolute Gasteiger partial charge is 0.495 e. The summed E-state index contributed by atoms with van der Waals surface area (Å²) in [7, 11) is 1.56. The Labute approximate surface area is 154 Å². The van der Waals surface area contributed by atoms with Crippen LogP contribution >= 0.6 is 23.4 Å². The Morgan fingerprint density at radius 2 is 2.00 bits per heavy atom. The van der Waals surface area contributed by atoms with Gasteiger partial charge >= 0.3 is 0 Å². The molecule has 1 amide bonds. The van der Waals surface area contributed by atoms with Crippen molar-refractivity contribution in [2.45, 2.75) is 5.16 Å². The number of anilines is 1. The summed E-state index contributed by atoms with van der Waals surface area (Å²) in [6, 6.07) is 14.6. The van der Waals surface area contributed by atoms with Gasteiger partial charge < -0.3 is 10.1 Å². The summed E-state index contributed by atoms with van der Waals surface area (Å²) < 4.78 is 5.21. The van der Waals surface area contributed by atoms with Crippen molar-refractivity contribution >= 4 is 35.0 Å². The van der Waals surface area contributed by atoms with Crippen molar-refractivity contribution in [1.29, 1.82) is 0 Å². The van der Waals surface area contributed by atoms with Crippen LogP contribution in [0.15, 0.2) is 53.7 Å². The maximum absolute atomic E-state index is 12.1. The second-order valence-electron chi connectivity index (χ2n) is 4.98. The molecule has 0 aliphatic rings. The van der Waals surface area contributed by atoms with E-state index in [0.717, 1.165) is 5.56 Å². The van der Waals surface area contributed by atoms with Crippen LogP contribution in [0.1, 0.15) is 0 Å². The average Bonchev–Trinajstić information content (AvgIpc) is 3.09. The number of H-pyrrole nitrogens is 1. The zero-order valence-corrected chi connectivity index (χ0v) is 14.9. The zero-order valence-electron chi connectivity index (χ0n) is 13.3. The van der Waals surface area contributed by atoms with E-state index >= 15 is 0 Å². The van der Waals surface area contributed by atoms with Gasteiger partial charge in [0.15, 0.2) is 5.82 Å². The number of para-hydroxylation sites is 2. The Hall–Kier alpha value is -2.51. The van der Waals surface area contributed by atoms with Crippen molar-refractivity contribution < 1.29 is 9.53 Å². The Morgan fingerprint density at radius 3 is 2.80 bits per heavy atom. The molecule has 1 heterocycles. The number of hydrogen-bond acceptors (Lipinski definition) is 5. The molecule has 128 valence electrons. The first kappa shape index (κ1) is 17.3. The monoisotopic (exact) mass is 374 g/mol. The number of hydrogen-bond donors (Lipinski definition) is 2. The third-order valence-corrected chi connectivity index (χ3v) is 4.48. The number of amides is 1. The van der Waals surface area contributed by atoms with Gasteiger partial charge in [0.2, 0.25) is 11.1 Å². The number of ether oxygens (including phenoxy) is 1. The van der Waals surface area contributed by atoms with Gasteiger partial charge in [-0.15, -0.1) is 5.10 Å². The number of aromatic nitrogens is 3. The number of carbonyl (C=O) groups excluding carboxylic acids is 1. The number of nitrogens with one attached hydrogen (secondary N) is 2. The van der Waals surface area contributed by atoms with Crippen LogP contribution in [0, 0.1) is 0 Å². The minimum Gasteiger partial charge on any atom is -0.495 e. The summed E-state index contributed by atoms with van der Waals surface area (Å²) in [5.41, 5.74) is 1.39. The lowest BCUT2D eigenvalue weighted by Gasteiger charge is -2.08. The summed E-state index contributed by atoms with van der Waals surface area (Å²) in [4.78, 5) is 16.5. The van der Waals surface area contributed by atoms with E-state index in [1.807, 2.05) is 30.3 Å². The molecule has 0 saturated heterocycles. The van der Waals surface area contributed by atoms with Gasteiger partial charge in [-0.05, 0) is 24.3 Å². The number of carbonyl (C=O) groups is 1. The number of rotatable bonds is 6. The average molecular weight is 375 g/mol. The maximum Gasteiger partial charge on any atom is 0.234 e. The van der Waals surface area contributed by atoms with E-state index in [1.54, 1.807) is 25.3 Å². The highest BCUT2D eigenvalue weighted by Crippen LogP contribution is 2.26. The van der Waals surface area contributed by atoms with E-state index in [4.69, 9.17) is 16.3 Å². The highest BCUT2D eigenvalue weighted by molar-refractivity contribution is 7.99. The molecule has 3 aromatic rings. The quantitative estimate of drug-likeness (QED) is 0.640. The lowest BCUT2D eigenvalue weighted by Crippen LogP contribution is -2.14. The number of nitrogens with zero attached hydrogens (tertiary/aromatic N) is 2. The second-order valence-corrected chi connectivity index (χ2v) is 6.33. The molecule has 1 aromatic heterocycles. The van der Waals surface area contributed by atoms with Gasteiger partial charge in [-0.2, -0.15) is 0 Å². The van der Waals surface area contributed by atoms with Crippen LogP contribution in [0.3, 0.4) is 0 Å². The molecule has 2 N–H and O–H groups in total. The third-order valence-electron chi connectivity index (χ3n) is 3.31. The second kappa shape index (κ2) is 8.04. The first-order valence-corrected chi connectivity index (χ1v) is 8.76. The molecule has 0 saturated carbocycles. The van der Waals surface area contributed by atoms with Gasteiger partial charge in [0, 0.05) is 5.56 Å². The molecule has 0 bridgehead atoms. The number of thioether (sulfide) groups is 1. The van der Waals surface area contributed by atoms with Crippen molar-refractivity contribution in [1.82, 2.24) is 15.2 Å². The van der Waals surface area contributed by atoms with Crippen LogP contribution in [-0.2, 0) is 4.79 Å². The van der Waals surface area contributed by atoms with Gasteiger partial charge in [-0.25, -0.2) is 4.98 Å². The molecular weight excluding hydrogens is 360 g/mol. The molecule has 25 heavy (non-hydrogen) atoms. The lowest BCUT2D eigenvalue weighted by molar-refractivity contribution is -0.113. The van der Waals surface area contributed by atoms with E-state index in [2.05, 4.69) is 20.5 Å². The lowest BCUT2D eigenvalue weighted by atomic mass is 10.2. The topological polar surface area (TPSA) is 79.9 Å². The van der Waals surface area contributed by atoms with Gasteiger partial charge in [0.1, 0.15) is 5.75 Å². The smallest absolute Gasteiger partial charge is 0.234 e. The first-order chi connectivity index (χ1) is 12.2. The fourth-order valence-corrected chi connectivity index (χ4v) is 2.97. The molecule has 8 heteroatoms. The number of benzene rings is 2. The summed E-state index contributed by atoms with van der Waals surface area (Å²) in [5, 5.41) is 10.8. The van der Waals surface area contributed by atoms with Crippen LogP contribution in [0.25, 0.3) is 11.4 Å². The standard InChI is InChI=1S/C17H15ClN4O2S/c1-24-14-9-5-4-8-13(14)19-15(23)10-25-17-20-16(21-22-17)11-6-2-3-7-12(11)18/h2-9H,10H2,1H3,(H,19,23)(H,20,21,22). The number of halogens is 1.